The molecule has 2 aromatic heterocycles. The summed E-state index contributed by atoms with van der Waals surface area (Å²) in [7, 11) is 3.11. The van der Waals surface area contributed by atoms with Gasteiger partial charge in [0.05, 0.1) is 25.7 Å². The Kier molecular flexibility index (Phi) is 7.34. The van der Waals surface area contributed by atoms with Gasteiger partial charge in [-0.1, -0.05) is 29.4 Å². The number of carbonyl (C=O) groups is 1. The molecule has 0 atom stereocenters. The Morgan fingerprint density at radius 3 is 2.56 bits per heavy atom. The van der Waals surface area contributed by atoms with E-state index in [1.807, 2.05) is 41.8 Å². The molecule has 4 aromatic rings. The van der Waals surface area contributed by atoms with Crippen molar-refractivity contribution in [1.29, 1.82) is 0 Å². The van der Waals surface area contributed by atoms with Crippen molar-refractivity contribution in [3.8, 4) is 28.6 Å². The quantitative estimate of drug-likeness (QED) is 0.342. The van der Waals surface area contributed by atoms with E-state index in [0.717, 1.165) is 16.8 Å². The van der Waals surface area contributed by atoms with Crippen LogP contribution in [0.15, 0.2) is 66.1 Å². The largest absolute Gasteiger partial charge is 0.493 e. The van der Waals surface area contributed by atoms with Gasteiger partial charge in [-0.25, -0.2) is 0 Å². The van der Waals surface area contributed by atoms with Crippen molar-refractivity contribution in [2.24, 2.45) is 0 Å². The molecular weight excluding hydrogens is 474 g/mol. The van der Waals surface area contributed by atoms with Crippen molar-refractivity contribution in [3.05, 3.63) is 71.5 Å². The first-order chi connectivity index (χ1) is 16.5. The third kappa shape index (κ3) is 5.00. The highest BCUT2D eigenvalue weighted by atomic mass is 35.5. The fraction of sp³-hybridized carbons (Fsp3) is 0.167. The molecule has 0 unspecified atom stereocenters. The van der Waals surface area contributed by atoms with E-state index in [-0.39, 0.29) is 11.7 Å². The Labute approximate surface area is 206 Å². The van der Waals surface area contributed by atoms with Crippen molar-refractivity contribution >= 4 is 35.0 Å². The Bertz CT molecular complexity index is 1310. The van der Waals surface area contributed by atoms with Gasteiger partial charge < -0.3 is 14.8 Å². The Hall–Kier alpha value is -3.56. The molecule has 1 amide bonds. The van der Waals surface area contributed by atoms with Gasteiger partial charge in [0.25, 0.3) is 0 Å². The molecular formula is C24H22ClN5O3S. The summed E-state index contributed by atoms with van der Waals surface area (Å²) in [6.07, 6.45) is 3.39. The summed E-state index contributed by atoms with van der Waals surface area (Å²) in [5, 5.41) is 12.8. The predicted molar refractivity (Wildman–Crippen MR) is 133 cm³/mol. The molecule has 34 heavy (non-hydrogen) atoms. The lowest BCUT2D eigenvalue weighted by molar-refractivity contribution is -0.113. The van der Waals surface area contributed by atoms with E-state index < -0.39 is 0 Å². The fourth-order valence-corrected chi connectivity index (χ4v) is 4.26. The lowest BCUT2D eigenvalue weighted by Crippen LogP contribution is -2.14. The van der Waals surface area contributed by atoms with Gasteiger partial charge in [0, 0.05) is 34.7 Å². The summed E-state index contributed by atoms with van der Waals surface area (Å²) < 4.78 is 12.4. The van der Waals surface area contributed by atoms with Crippen LogP contribution in [0.3, 0.4) is 0 Å². The maximum Gasteiger partial charge on any atom is 0.234 e. The van der Waals surface area contributed by atoms with Gasteiger partial charge in [-0.2, -0.15) is 0 Å². The van der Waals surface area contributed by atoms with Gasteiger partial charge in [0.1, 0.15) is 0 Å². The molecule has 0 spiro atoms. The molecule has 174 valence electrons. The number of hydrogen-bond acceptors (Lipinski definition) is 7. The minimum atomic E-state index is -0.194. The summed E-state index contributed by atoms with van der Waals surface area (Å²) in [4.78, 5) is 16.8. The molecule has 1 N–H and O–H groups in total. The second-order valence-corrected chi connectivity index (χ2v) is 8.52. The van der Waals surface area contributed by atoms with Crippen LogP contribution in [-0.2, 0) is 4.79 Å². The fourth-order valence-electron chi connectivity index (χ4n) is 3.35. The van der Waals surface area contributed by atoms with Crippen molar-refractivity contribution in [2.45, 2.75) is 12.1 Å². The molecule has 4 rings (SSSR count). The standard InChI is InChI=1S/C24H22ClN5O3S/c1-15-18(25)5-4-6-19(15)30-23(16-9-11-26-12-10-16)28-29-24(30)34-14-22(31)27-17-7-8-20(32-2)21(13-17)33-3/h4-13H,14H2,1-3H3,(H,27,31). The highest BCUT2D eigenvalue weighted by molar-refractivity contribution is 7.99. The summed E-state index contributed by atoms with van der Waals surface area (Å²) >= 11 is 7.67. The van der Waals surface area contributed by atoms with Crippen LogP contribution in [0.4, 0.5) is 5.69 Å². The first-order valence-corrected chi connectivity index (χ1v) is 11.6. The number of thioether (sulfide) groups is 1. The predicted octanol–water partition coefficient (Wildman–Crippen LogP) is 5.04. The van der Waals surface area contributed by atoms with E-state index in [4.69, 9.17) is 21.1 Å². The number of ether oxygens (including phenoxy) is 2. The summed E-state index contributed by atoms with van der Waals surface area (Å²) in [5.74, 6) is 1.69. The molecule has 2 aromatic carbocycles. The van der Waals surface area contributed by atoms with Crippen LogP contribution in [0.25, 0.3) is 17.1 Å². The number of benzene rings is 2. The normalized spacial score (nSPS) is 10.7. The third-order valence-corrected chi connectivity index (χ3v) is 6.39. The molecule has 0 aliphatic rings. The smallest absolute Gasteiger partial charge is 0.234 e. The maximum absolute atomic E-state index is 12.7. The second kappa shape index (κ2) is 10.6. The lowest BCUT2D eigenvalue weighted by atomic mass is 10.2. The number of methoxy groups -OCH3 is 2. The Balaban J connectivity index is 1.59. The van der Waals surface area contributed by atoms with Crippen molar-refractivity contribution in [3.63, 3.8) is 0 Å². The van der Waals surface area contributed by atoms with Crippen LogP contribution in [0.5, 0.6) is 11.5 Å². The molecule has 0 saturated carbocycles. The average Bonchev–Trinajstić information content (AvgIpc) is 3.28. The van der Waals surface area contributed by atoms with Gasteiger partial charge in [0.15, 0.2) is 22.5 Å². The molecule has 0 aliphatic heterocycles. The van der Waals surface area contributed by atoms with Gasteiger partial charge in [0.2, 0.25) is 5.91 Å². The number of nitrogens with zero attached hydrogens (tertiary/aromatic N) is 4. The molecule has 0 radical (unpaired) electrons. The van der Waals surface area contributed by atoms with Crippen LogP contribution >= 0.6 is 23.4 Å². The van der Waals surface area contributed by atoms with Crippen LogP contribution in [0.1, 0.15) is 5.56 Å². The lowest BCUT2D eigenvalue weighted by Gasteiger charge is -2.14. The van der Waals surface area contributed by atoms with E-state index in [0.29, 0.717) is 33.2 Å². The van der Waals surface area contributed by atoms with Gasteiger partial charge in [-0.05, 0) is 48.9 Å². The van der Waals surface area contributed by atoms with E-state index in [2.05, 4.69) is 20.5 Å². The van der Waals surface area contributed by atoms with Crippen LogP contribution in [0.2, 0.25) is 5.02 Å². The van der Waals surface area contributed by atoms with Gasteiger partial charge in [-0.15, -0.1) is 10.2 Å². The first-order valence-electron chi connectivity index (χ1n) is 10.3. The van der Waals surface area contributed by atoms with Crippen molar-refractivity contribution in [2.75, 3.05) is 25.3 Å². The zero-order valence-corrected chi connectivity index (χ0v) is 20.4. The SMILES string of the molecule is COc1ccc(NC(=O)CSc2nnc(-c3ccncc3)n2-c2cccc(Cl)c2C)cc1OC. The minimum Gasteiger partial charge on any atom is -0.493 e. The van der Waals surface area contributed by atoms with Crippen molar-refractivity contribution in [1.82, 2.24) is 19.7 Å². The number of carbonyl (C=O) groups excluding carboxylic acids is 1. The zero-order chi connectivity index (χ0) is 24.1. The Morgan fingerprint density at radius 2 is 1.82 bits per heavy atom. The summed E-state index contributed by atoms with van der Waals surface area (Å²) in [6.45, 7) is 1.94. The topological polar surface area (TPSA) is 91.2 Å². The number of anilines is 1. The number of amides is 1. The Morgan fingerprint density at radius 1 is 1.06 bits per heavy atom. The van der Waals surface area contributed by atoms with E-state index in [1.165, 1.54) is 11.8 Å². The van der Waals surface area contributed by atoms with E-state index >= 15 is 0 Å². The molecule has 0 saturated heterocycles. The summed E-state index contributed by atoms with van der Waals surface area (Å²) in [5.41, 5.74) is 3.18. The molecule has 2 heterocycles. The number of hydrogen-bond donors (Lipinski definition) is 1. The number of aromatic nitrogens is 4. The highest BCUT2D eigenvalue weighted by Gasteiger charge is 2.19. The van der Waals surface area contributed by atoms with E-state index in [9.17, 15) is 4.79 Å². The van der Waals surface area contributed by atoms with Crippen LogP contribution in [0, 0.1) is 6.92 Å². The van der Waals surface area contributed by atoms with Gasteiger partial charge >= 0.3 is 0 Å². The first kappa shape index (κ1) is 23.6. The number of pyridine rings is 1. The number of nitrogens with one attached hydrogen (secondary N) is 1. The highest BCUT2D eigenvalue weighted by Crippen LogP contribution is 2.32. The molecule has 0 aliphatic carbocycles. The molecule has 10 heteroatoms. The summed E-state index contributed by atoms with van der Waals surface area (Å²) in [6, 6.07) is 14.6. The number of halogens is 1. The zero-order valence-electron chi connectivity index (χ0n) is 18.8. The van der Waals surface area contributed by atoms with Crippen LogP contribution in [-0.4, -0.2) is 45.6 Å². The van der Waals surface area contributed by atoms with Crippen LogP contribution < -0.4 is 14.8 Å². The monoisotopic (exact) mass is 495 g/mol. The van der Waals surface area contributed by atoms with Crippen molar-refractivity contribution < 1.29 is 14.3 Å². The average molecular weight is 496 g/mol. The maximum atomic E-state index is 12.7. The van der Waals surface area contributed by atoms with Gasteiger partial charge in [-0.3, -0.25) is 14.3 Å². The van der Waals surface area contributed by atoms with E-state index in [1.54, 1.807) is 44.8 Å². The second-order valence-electron chi connectivity index (χ2n) is 7.17. The minimum absolute atomic E-state index is 0.127. The third-order valence-electron chi connectivity index (χ3n) is 5.05. The molecule has 0 bridgehead atoms. The molecule has 0 fully saturated rings. The number of rotatable bonds is 8. The molecule has 8 nitrogen and oxygen atoms in total.